The number of hydrogen-bond donors (Lipinski definition) is 1. The highest BCUT2D eigenvalue weighted by molar-refractivity contribution is 5.79. The van der Waals surface area contributed by atoms with Crippen molar-refractivity contribution in [1.29, 1.82) is 0 Å². The van der Waals surface area contributed by atoms with E-state index in [-0.39, 0.29) is 0 Å². The zero-order chi connectivity index (χ0) is 18.8. The molecule has 1 N–H and O–H groups in total. The maximum atomic E-state index is 12.7. The molecule has 6 nitrogen and oxygen atoms in total. The van der Waals surface area contributed by atoms with Gasteiger partial charge in [0, 0.05) is 44.7 Å². The van der Waals surface area contributed by atoms with Crippen molar-refractivity contribution >= 4 is 5.91 Å². The molecule has 27 heavy (non-hydrogen) atoms. The first-order valence-electron chi connectivity index (χ1n) is 11.1. The van der Waals surface area contributed by atoms with Gasteiger partial charge in [0.1, 0.15) is 0 Å². The largest absolute Gasteiger partial charge is 0.379 e. The SMILES string of the molecule is C[C@H]1C[C@@H]2[C@@H](CC(=O)N2CCN2CCOCC2)[C@@H]1CNC1CCN(C)CC1. The van der Waals surface area contributed by atoms with Gasteiger partial charge < -0.3 is 19.9 Å². The number of nitrogens with one attached hydrogen (secondary N) is 1. The van der Waals surface area contributed by atoms with Gasteiger partial charge in [0.05, 0.1) is 13.2 Å². The molecule has 0 spiro atoms. The van der Waals surface area contributed by atoms with Gasteiger partial charge in [0.15, 0.2) is 0 Å². The predicted octanol–water partition coefficient (Wildman–Crippen LogP) is 0.876. The second-order valence-electron chi connectivity index (χ2n) is 9.34. The van der Waals surface area contributed by atoms with Crippen molar-refractivity contribution < 1.29 is 9.53 Å². The number of nitrogens with zero attached hydrogens (tertiary/aromatic N) is 3. The van der Waals surface area contributed by atoms with E-state index in [0.29, 0.717) is 29.8 Å². The number of likely N-dealkylation sites (tertiary alicyclic amines) is 2. The van der Waals surface area contributed by atoms with Crippen LogP contribution in [-0.2, 0) is 9.53 Å². The van der Waals surface area contributed by atoms with Crippen LogP contribution in [0.15, 0.2) is 0 Å². The van der Waals surface area contributed by atoms with Crippen LogP contribution in [0, 0.1) is 17.8 Å². The molecule has 4 atom stereocenters. The molecule has 4 rings (SSSR count). The minimum Gasteiger partial charge on any atom is -0.379 e. The number of morpholine rings is 1. The molecule has 3 heterocycles. The van der Waals surface area contributed by atoms with Crippen LogP contribution in [0.5, 0.6) is 0 Å². The van der Waals surface area contributed by atoms with E-state index in [0.717, 1.165) is 58.3 Å². The average molecular weight is 379 g/mol. The molecule has 0 aromatic rings. The Morgan fingerprint density at radius 1 is 1.11 bits per heavy atom. The van der Waals surface area contributed by atoms with Crippen molar-refractivity contribution in [2.75, 3.05) is 66.1 Å². The molecule has 0 aromatic carbocycles. The quantitative estimate of drug-likeness (QED) is 0.743. The number of carbonyl (C=O) groups excluding carboxylic acids is 1. The Labute approximate surface area is 164 Å². The van der Waals surface area contributed by atoms with E-state index >= 15 is 0 Å². The standard InChI is InChI=1S/C21H38N4O2/c1-16-13-20-18(19(16)15-22-17-3-5-23(2)6-4-17)14-21(26)25(20)8-7-24-9-11-27-12-10-24/h16-20,22H,3-15H2,1-2H3/t16-,18-,19+,20+/m0/s1. The van der Waals surface area contributed by atoms with Crippen molar-refractivity contribution in [2.24, 2.45) is 17.8 Å². The van der Waals surface area contributed by atoms with Crippen molar-refractivity contribution in [1.82, 2.24) is 20.0 Å². The Morgan fingerprint density at radius 3 is 2.59 bits per heavy atom. The maximum Gasteiger partial charge on any atom is 0.223 e. The van der Waals surface area contributed by atoms with Crippen molar-refractivity contribution in [3.8, 4) is 0 Å². The van der Waals surface area contributed by atoms with Crippen LogP contribution < -0.4 is 5.32 Å². The molecular weight excluding hydrogens is 340 g/mol. The molecule has 6 heteroatoms. The third-order valence-electron chi connectivity index (χ3n) is 7.64. The Kier molecular flexibility index (Phi) is 6.37. The number of fused-ring (bicyclic) bond motifs is 1. The molecule has 3 aliphatic heterocycles. The van der Waals surface area contributed by atoms with Gasteiger partial charge >= 0.3 is 0 Å². The lowest BCUT2D eigenvalue weighted by molar-refractivity contribution is -0.129. The molecular formula is C21H38N4O2. The van der Waals surface area contributed by atoms with Crippen molar-refractivity contribution in [3.63, 3.8) is 0 Å². The van der Waals surface area contributed by atoms with Gasteiger partial charge in [-0.05, 0) is 63.7 Å². The molecule has 1 aliphatic carbocycles. The first kappa shape index (κ1) is 19.6. The number of amides is 1. The van der Waals surface area contributed by atoms with E-state index < -0.39 is 0 Å². The van der Waals surface area contributed by atoms with E-state index in [2.05, 4.69) is 34.0 Å². The molecule has 0 bridgehead atoms. The first-order valence-corrected chi connectivity index (χ1v) is 11.1. The van der Waals surface area contributed by atoms with Crippen LogP contribution in [0.2, 0.25) is 0 Å². The second kappa shape index (κ2) is 8.76. The third kappa shape index (κ3) is 4.50. The summed E-state index contributed by atoms with van der Waals surface area (Å²) in [4.78, 5) is 19.8. The monoisotopic (exact) mass is 378 g/mol. The highest BCUT2D eigenvalue weighted by atomic mass is 16.5. The van der Waals surface area contributed by atoms with Crippen LogP contribution >= 0.6 is 0 Å². The summed E-state index contributed by atoms with van der Waals surface area (Å²) in [5, 5.41) is 3.86. The van der Waals surface area contributed by atoms with Crippen molar-refractivity contribution in [3.05, 3.63) is 0 Å². The first-order chi connectivity index (χ1) is 13.1. The van der Waals surface area contributed by atoms with Gasteiger partial charge in [-0.3, -0.25) is 9.69 Å². The fraction of sp³-hybridized carbons (Fsp3) is 0.952. The van der Waals surface area contributed by atoms with Gasteiger partial charge in [-0.25, -0.2) is 0 Å². The van der Waals surface area contributed by atoms with E-state index in [1.807, 2.05) is 0 Å². The van der Waals surface area contributed by atoms with E-state index in [1.54, 1.807) is 0 Å². The zero-order valence-corrected chi connectivity index (χ0v) is 17.2. The topological polar surface area (TPSA) is 48.1 Å². The molecule has 3 saturated heterocycles. The summed E-state index contributed by atoms with van der Waals surface area (Å²) in [5.41, 5.74) is 0. The van der Waals surface area contributed by atoms with Crippen LogP contribution in [0.1, 0.15) is 32.6 Å². The summed E-state index contributed by atoms with van der Waals surface area (Å²) >= 11 is 0. The van der Waals surface area contributed by atoms with Gasteiger partial charge in [0.25, 0.3) is 0 Å². The lowest BCUT2D eigenvalue weighted by Crippen LogP contribution is -2.44. The van der Waals surface area contributed by atoms with Gasteiger partial charge in [-0.2, -0.15) is 0 Å². The Bertz CT molecular complexity index is 502. The number of ether oxygens (including phenoxy) is 1. The van der Waals surface area contributed by atoms with Crippen molar-refractivity contribution in [2.45, 2.75) is 44.7 Å². The maximum absolute atomic E-state index is 12.7. The highest BCUT2D eigenvalue weighted by Gasteiger charge is 2.50. The minimum absolute atomic E-state index is 0.398. The predicted molar refractivity (Wildman–Crippen MR) is 107 cm³/mol. The normalized spacial score (nSPS) is 36.5. The molecule has 4 fully saturated rings. The summed E-state index contributed by atoms with van der Waals surface area (Å²) in [6.45, 7) is 11.5. The third-order valence-corrected chi connectivity index (χ3v) is 7.64. The average Bonchev–Trinajstić information content (AvgIpc) is 3.14. The lowest BCUT2D eigenvalue weighted by Gasteiger charge is -2.32. The fourth-order valence-corrected chi connectivity index (χ4v) is 5.82. The summed E-state index contributed by atoms with van der Waals surface area (Å²) in [5.74, 6) is 2.34. The lowest BCUT2D eigenvalue weighted by atomic mass is 9.88. The second-order valence-corrected chi connectivity index (χ2v) is 9.34. The molecule has 1 saturated carbocycles. The molecule has 0 radical (unpaired) electrons. The minimum atomic E-state index is 0.398. The molecule has 1 amide bonds. The Balaban J connectivity index is 1.28. The Hall–Kier alpha value is -0.690. The molecule has 0 aromatic heterocycles. The molecule has 4 aliphatic rings. The number of hydrogen-bond acceptors (Lipinski definition) is 5. The summed E-state index contributed by atoms with van der Waals surface area (Å²) in [7, 11) is 2.22. The fourth-order valence-electron chi connectivity index (χ4n) is 5.82. The van der Waals surface area contributed by atoms with E-state index in [9.17, 15) is 4.79 Å². The van der Waals surface area contributed by atoms with E-state index in [4.69, 9.17) is 4.74 Å². The van der Waals surface area contributed by atoms with Gasteiger partial charge in [0.2, 0.25) is 5.91 Å². The number of piperidine rings is 1. The van der Waals surface area contributed by atoms with Crippen LogP contribution in [-0.4, -0.2) is 98.8 Å². The van der Waals surface area contributed by atoms with Gasteiger partial charge in [-0.15, -0.1) is 0 Å². The Morgan fingerprint density at radius 2 is 1.85 bits per heavy atom. The van der Waals surface area contributed by atoms with Gasteiger partial charge in [-0.1, -0.05) is 6.92 Å². The van der Waals surface area contributed by atoms with Crippen LogP contribution in [0.25, 0.3) is 0 Å². The van der Waals surface area contributed by atoms with E-state index in [1.165, 1.54) is 32.4 Å². The highest BCUT2D eigenvalue weighted by Crippen LogP contribution is 2.45. The summed E-state index contributed by atoms with van der Waals surface area (Å²) < 4.78 is 5.44. The zero-order valence-electron chi connectivity index (χ0n) is 17.2. The smallest absolute Gasteiger partial charge is 0.223 e. The molecule has 154 valence electrons. The van der Waals surface area contributed by atoms with Crippen LogP contribution in [0.3, 0.4) is 0 Å². The molecule has 0 unspecified atom stereocenters. The number of carbonyl (C=O) groups is 1. The summed E-state index contributed by atoms with van der Waals surface area (Å²) in [6.07, 6.45) is 4.49. The summed E-state index contributed by atoms with van der Waals surface area (Å²) in [6, 6.07) is 1.15. The van der Waals surface area contributed by atoms with Crippen LogP contribution in [0.4, 0.5) is 0 Å². The number of rotatable bonds is 6.